The molecule has 0 unspecified atom stereocenters. The SMILES string of the molecule is CC(C)(C)[C@H](CN1CCc2ccccc2C1)NC(=O)Nc1ccccc1. The summed E-state index contributed by atoms with van der Waals surface area (Å²) in [7, 11) is 0. The highest BCUT2D eigenvalue weighted by molar-refractivity contribution is 5.89. The van der Waals surface area contributed by atoms with Crippen molar-refractivity contribution >= 4 is 11.7 Å². The van der Waals surface area contributed by atoms with Gasteiger partial charge in [-0.1, -0.05) is 63.2 Å². The number of urea groups is 1. The first-order chi connectivity index (χ1) is 12.4. The van der Waals surface area contributed by atoms with Gasteiger partial charge in [0.15, 0.2) is 0 Å². The lowest BCUT2D eigenvalue weighted by Gasteiger charge is -2.37. The fourth-order valence-electron chi connectivity index (χ4n) is 3.35. The summed E-state index contributed by atoms with van der Waals surface area (Å²) >= 11 is 0. The molecule has 1 aliphatic heterocycles. The number of rotatable bonds is 4. The summed E-state index contributed by atoms with van der Waals surface area (Å²) < 4.78 is 0. The van der Waals surface area contributed by atoms with E-state index in [9.17, 15) is 4.79 Å². The molecule has 1 heterocycles. The van der Waals surface area contributed by atoms with Crippen LogP contribution in [0.25, 0.3) is 0 Å². The van der Waals surface area contributed by atoms with Gasteiger partial charge in [0.1, 0.15) is 0 Å². The van der Waals surface area contributed by atoms with Gasteiger partial charge in [-0.15, -0.1) is 0 Å². The number of para-hydroxylation sites is 1. The molecule has 2 aromatic carbocycles. The molecule has 2 amide bonds. The highest BCUT2D eigenvalue weighted by atomic mass is 16.2. The van der Waals surface area contributed by atoms with Crippen molar-refractivity contribution in [3.05, 3.63) is 65.7 Å². The number of nitrogens with one attached hydrogen (secondary N) is 2. The van der Waals surface area contributed by atoms with Gasteiger partial charge in [0.2, 0.25) is 0 Å². The maximum Gasteiger partial charge on any atom is 0.319 e. The molecule has 4 nitrogen and oxygen atoms in total. The normalized spacial score (nSPS) is 15.8. The minimum Gasteiger partial charge on any atom is -0.333 e. The van der Waals surface area contributed by atoms with E-state index in [1.54, 1.807) is 0 Å². The van der Waals surface area contributed by atoms with Gasteiger partial charge >= 0.3 is 6.03 Å². The topological polar surface area (TPSA) is 44.4 Å². The molecule has 4 heteroatoms. The Bertz CT molecular complexity index is 737. The van der Waals surface area contributed by atoms with E-state index in [1.807, 2.05) is 30.3 Å². The second-order valence-electron chi connectivity index (χ2n) is 8.14. The van der Waals surface area contributed by atoms with Crippen molar-refractivity contribution in [1.82, 2.24) is 10.2 Å². The summed E-state index contributed by atoms with van der Waals surface area (Å²) in [5.41, 5.74) is 3.64. The van der Waals surface area contributed by atoms with Crippen LogP contribution in [0.5, 0.6) is 0 Å². The van der Waals surface area contributed by atoms with Crippen molar-refractivity contribution in [2.24, 2.45) is 5.41 Å². The Kier molecular flexibility index (Phi) is 5.62. The van der Waals surface area contributed by atoms with Crippen LogP contribution in [0.3, 0.4) is 0 Å². The summed E-state index contributed by atoms with van der Waals surface area (Å²) in [6, 6.07) is 18.1. The zero-order valence-electron chi connectivity index (χ0n) is 16.0. The minimum absolute atomic E-state index is 0.0228. The molecule has 1 aliphatic rings. The average Bonchev–Trinajstić information content (AvgIpc) is 2.61. The predicted molar refractivity (Wildman–Crippen MR) is 107 cm³/mol. The largest absolute Gasteiger partial charge is 0.333 e. The Hall–Kier alpha value is -2.33. The van der Waals surface area contributed by atoms with Gasteiger partial charge < -0.3 is 10.6 Å². The molecular formula is C22H29N3O. The van der Waals surface area contributed by atoms with E-state index >= 15 is 0 Å². The van der Waals surface area contributed by atoms with Gasteiger partial charge in [-0.3, -0.25) is 4.90 Å². The first-order valence-electron chi connectivity index (χ1n) is 9.33. The molecule has 0 spiro atoms. The number of carbonyl (C=O) groups excluding carboxylic acids is 1. The Morgan fingerprint density at radius 1 is 1.04 bits per heavy atom. The van der Waals surface area contributed by atoms with E-state index in [0.29, 0.717) is 0 Å². The number of benzene rings is 2. The van der Waals surface area contributed by atoms with Crippen LogP contribution in [0, 0.1) is 5.41 Å². The van der Waals surface area contributed by atoms with E-state index in [-0.39, 0.29) is 17.5 Å². The number of anilines is 1. The van der Waals surface area contributed by atoms with Crippen LogP contribution in [0.1, 0.15) is 31.9 Å². The molecule has 26 heavy (non-hydrogen) atoms. The summed E-state index contributed by atoms with van der Waals surface area (Å²) in [5.74, 6) is 0. The number of nitrogens with zero attached hydrogens (tertiary/aromatic N) is 1. The third-order valence-corrected chi connectivity index (χ3v) is 5.03. The zero-order chi connectivity index (χ0) is 18.6. The van der Waals surface area contributed by atoms with Crippen LogP contribution in [-0.2, 0) is 13.0 Å². The van der Waals surface area contributed by atoms with E-state index in [1.165, 1.54) is 11.1 Å². The number of fused-ring (bicyclic) bond motifs is 1. The molecule has 2 aromatic rings. The standard InChI is InChI=1S/C22H29N3O/c1-22(2,3)20(24-21(26)23-19-11-5-4-6-12-19)16-25-14-13-17-9-7-8-10-18(17)15-25/h4-12,20H,13-16H2,1-3H3,(H2,23,24,26)/t20-/m0/s1. The monoisotopic (exact) mass is 351 g/mol. The number of amides is 2. The van der Waals surface area contributed by atoms with Crippen molar-refractivity contribution in [2.75, 3.05) is 18.4 Å². The van der Waals surface area contributed by atoms with E-state index in [4.69, 9.17) is 0 Å². The first kappa shape index (κ1) is 18.5. The van der Waals surface area contributed by atoms with Crippen LogP contribution < -0.4 is 10.6 Å². The molecule has 1 atom stereocenters. The first-order valence-corrected chi connectivity index (χ1v) is 9.33. The molecule has 0 bridgehead atoms. The highest BCUT2D eigenvalue weighted by Crippen LogP contribution is 2.24. The number of carbonyl (C=O) groups is 1. The lowest BCUT2D eigenvalue weighted by Crippen LogP contribution is -2.52. The molecule has 0 fully saturated rings. The van der Waals surface area contributed by atoms with Crippen molar-refractivity contribution in [2.45, 2.75) is 39.8 Å². The van der Waals surface area contributed by atoms with Gasteiger partial charge in [-0.25, -0.2) is 4.79 Å². The highest BCUT2D eigenvalue weighted by Gasteiger charge is 2.29. The van der Waals surface area contributed by atoms with Gasteiger partial charge in [0, 0.05) is 31.4 Å². The molecule has 0 aromatic heterocycles. The third kappa shape index (κ3) is 4.85. The van der Waals surface area contributed by atoms with Crippen LogP contribution in [0.15, 0.2) is 54.6 Å². The fourth-order valence-corrected chi connectivity index (χ4v) is 3.35. The lowest BCUT2D eigenvalue weighted by atomic mass is 9.86. The Morgan fingerprint density at radius 2 is 1.69 bits per heavy atom. The molecule has 0 saturated heterocycles. The Morgan fingerprint density at radius 3 is 2.38 bits per heavy atom. The van der Waals surface area contributed by atoms with E-state index in [0.717, 1.165) is 31.7 Å². The average molecular weight is 351 g/mol. The zero-order valence-corrected chi connectivity index (χ0v) is 16.0. The molecule has 0 saturated carbocycles. The van der Waals surface area contributed by atoms with E-state index in [2.05, 4.69) is 60.6 Å². The summed E-state index contributed by atoms with van der Waals surface area (Å²) in [5, 5.41) is 6.11. The molecule has 0 radical (unpaired) electrons. The van der Waals surface area contributed by atoms with Crippen molar-refractivity contribution in [1.29, 1.82) is 0 Å². The van der Waals surface area contributed by atoms with Crippen molar-refractivity contribution < 1.29 is 4.79 Å². The molecule has 2 N–H and O–H groups in total. The van der Waals surface area contributed by atoms with Crippen molar-refractivity contribution in [3.8, 4) is 0 Å². The van der Waals surface area contributed by atoms with Crippen LogP contribution in [0.4, 0.5) is 10.5 Å². The molecule has 3 rings (SSSR count). The molecule has 0 aliphatic carbocycles. The smallest absolute Gasteiger partial charge is 0.319 e. The van der Waals surface area contributed by atoms with Crippen LogP contribution in [0.2, 0.25) is 0 Å². The second kappa shape index (κ2) is 7.92. The Balaban J connectivity index is 1.63. The summed E-state index contributed by atoms with van der Waals surface area (Å²) in [6.45, 7) is 9.37. The lowest BCUT2D eigenvalue weighted by molar-refractivity contribution is 0.164. The van der Waals surface area contributed by atoms with Crippen LogP contribution in [-0.4, -0.2) is 30.1 Å². The maximum atomic E-state index is 12.5. The number of hydrogen-bond donors (Lipinski definition) is 2. The summed E-state index contributed by atoms with van der Waals surface area (Å²) in [4.78, 5) is 14.9. The minimum atomic E-state index is -0.145. The number of hydrogen-bond acceptors (Lipinski definition) is 2. The second-order valence-corrected chi connectivity index (χ2v) is 8.14. The van der Waals surface area contributed by atoms with Crippen LogP contribution >= 0.6 is 0 Å². The van der Waals surface area contributed by atoms with Gasteiger partial charge in [0.05, 0.1) is 0 Å². The predicted octanol–water partition coefficient (Wildman–Crippen LogP) is 4.28. The molecule has 138 valence electrons. The third-order valence-electron chi connectivity index (χ3n) is 5.03. The molecular weight excluding hydrogens is 322 g/mol. The van der Waals surface area contributed by atoms with Gasteiger partial charge in [0.25, 0.3) is 0 Å². The van der Waals surface area contributed by atoms with Crippen molar-refractivity contribution in [3.63, 3.8) is 0 Å². The van der Waals surface area contributed by atoms with E-state index < -0.39 is 0 Å². The fraction of sp³-hybridized carbons (Fsp3) is 0.409. The summed E-state index contributed by atoms with van der Waals surface area (Å²) in [6.07, 6.45) is 1.07. The quantitative estimate of drug-likeness (QED) is 0.863. The Labute approximate surface area is 156 Å². The van der Waals surface area contributed by atoms with Gasteiger partial charge in [-0.2, -0.15) is 0 Å². The maximum absolute atomic E-state index is 12.5. The van der Waals surface area contributed by atoms with Gasteiger partial charge in [-0.05, 0) is 35.1 Å².